The Bertz CT molecular complexity index is 306. The maximum absolute atomic E-state index is 9.42. The number of nitrogens with zero attached hydrogens (tertiary/aromatic N) is 1. The van der Waals surface area contributed by atoms with Gasteiger partial charge < -0.3 is 10.2 Å². The van der Waals surface area contributed by atoms with E-state index in [9.17, 15) is 5.11 Å². The first-order chi connectivity index (χ1) is 6.77. The van der Waals surface area contributed by atoms with Crippen molar-refractivity contribution >= 4 is 6.21 Å². The molecule has 0 saturated carbocycles. The van der Waals surface area contributed by atoms with E-state index in [0.717, 1.165) is 6.42 Å². The first kappa shape index (κ1) is 10.7. The molecule has 3 nitrogen and oxygen atoms in total. The highest BCUT2D eigenvalue weighted by atomic mass is 16.3. The predicted octanol–water partition coefficient (Wildman–Crippen LogP) is 1.58. The Balaban J connectivity index is 2.72. The quantitative estimate of drug-likeness (QED) is 0.713. The molecule has 76 valence electrons. The van der Waals surface area contributed by atoms with Gasteiger partial charge in [-0.3, -0.25) is 4.99 Å². The van der Waals surface area contributed by atoms with Gasteiger partial charge in [0.25, 0.3) is 0 Å². The minimum absolute atomic E-state index is 0.0423. The molecule has 1 rings (SSSR count). The van der Waals surface area contributed by atoms with E-state index < -0.39 is 0 Å². The van der Waals surface area contributed by atoms with Gasteiger partial charge in [-0.2, -0.15) is 0 Å². The number of rotatable bonds is 4. The van der Waals surface area contributed by atoms with Crippen molar-refractivity contribution in [3.8, 4) is 5.75 Å². The number of aliphatic hydroxyl groups excluding tert-OH is 1. The molecule has 0 aliphatic carbocycles. The molecule has 0 fully saturated rings. The summed E-state index contributed by atoms with van der Waals surface area (Å²) in [6.07, 6.45) is 2.39. The van der Waals surface area contributed by atoms with Gasteiger partial charge in [-0.1, -0.05) is 19.1 Å². The monoisotopic (exact) mass is 193 g/mol. The molecular weight excluding hydrogens is 178 g/mol. The lowest BCUT2D eigenvalue weighted by Gasteiger charge is -2.04. The first-order valence-corrected chi connectivity index (χ1v) is 4.70. The summed E-state index contributed by atoms with van der Waals surface area (Å²) in [7, 11) is 0. The second-order valence-corrected chi connectivity index (χ2v) is 3.08. The van der Waals surface area contributed by atoms with Crippen LogP contribution in [0, 0.1) is 0 Å². The van der Waals surface area contributed by atoms with Gasteiger partial charge in [0, 0.05) is 11.8 Å². The smallest absolute Gasteiger partial charge is 0.124 e. The van der Waals surface area contributed by atoms with E-state index in [0.29, 0.717) is 5.56 Å². The zero-order valence-corrected chi connectivity index (χ0v) is 8.22. The zero-order valence-electron chi connectivity index (χ0n) is 8.22. The molecule has 1 atom stereocenters. The molecule has 2 N–H and O–H groups in total. The number of hydrogen-bond acceptors (Lipinski definition) is 3. The van der Waals surface area contributed by atoms with Crippen molar-refractivity contribution in [3.63, 3.8) is 0 Å². The van der Waals surface area contributed by atoms with Gasteiger partial charge in [0.15, 0.2) is 0 Å². The molecule has 0 spiro atoms. The number of benzene rings is 1. The van der Waals surface area contributed by atoms with Crippen LogP contribution in [0.5, 0.6) is 5.75 Å². The lowest BCUT2D eigenvalue weighted by atomic mass is 10.2. The minimum atomic E-state index is -0.0744. The van der Waals surface area contributed by atoms with Crippen LogP contribution < -0.4 is 0 Å². The third-order valence-corrected chi connectivity index (χ3v) is 2.04. The lowest BCUT2D eigenvalue weighted by Crippen LogP contribution is -2.08. The maximum Gasteiger partial charge on any atom is 0.124 e. The number of aliphatic hydroxyl groups is 1. The molecule has 0 aromatic heterocycles. The summed E-state index contributed by atoms with van der Waals surface area (Å²) >= 11 is 0. The average molecular weight is 193 g/mol. The maximum atomic E-state index is 9.42. The van der Waals surface area contributed by atoms with E-state index in [1.807, 2.05) is 13.0 Å². The van der Waals surface area contributed by atoms with E-state index in [1.165, 1.54) is 0 Å². The molecule has 14 heavy (non-hydrogen) atoms. The average Bonchev–Trinajstić information content (AvgIpc) is 2.22. The predicted molar refractivity (Wildman–Crippen MR) is 56.9 cm³/mol. The Kier molecular flexibility index (Phi) is 4.13. The lowest BCUT2D eigenvalue weighted by molar-refractivity contribution is 0.264. The third kappa shape index (κ3) is 2.85. The fourth-order valence-electron chi connectivity index (χ4n) is 1.06. The molecule has 1 aromatic carbocycles. The summed E-state index contributed by atoms with van der Waals surface area (Å²) in [6, 6.07) is 6.91. The fourth-order valence-corrected chi connectivity index (χ4v) is 1.06. The number of aliphatic imine (C=N–C) groups is 1. The normalized spacial score (nSPS) is 13.3. The SMILES string of the molecule is CCC(CO)N=Cc1ccccc1O. The van der Waals surface area contributed by atoms with Crippen LogP contribution in [0.3, 0.4) is 0 Å². The van der Waals surface area contributed by atoms with Crippen LogP contribution in [0.1, 0.15) is 18.9 Å². The number of aromatic hydroxyl groups is 1. The first-order valence-electron chi connectivity index (χ1n) is 4.70. The van der Waals surface area contributed by atoms with E-state index in [1.54, 1.807) is 24.4 Å². The van der Waals surface area contributed by atoms with E-state index in [2.05, 4.69) is 4.99 Å². The number of hydrogen-bond donors (Lipinski definition) is 2. The summed E-state index contributed by atoms with van der Waals surface area (Å²) < 4.78 is 0. The van der Waals surface area contributed by atoms with Crippen LogP contribution in [0.2, 0.25) is 0 Å². The van der Waals surface area contributed by atoms with Crippen LogP contribution in [-0.2, 0) is 0 Å². The van der Waals surface area contributed by atoms with Gasteiger partial charge in [0.1, 0.15) is 5.75 Å². The molecule has 0 amide bonds. The largest absolute Gasteiger partial charge is 0.507 e. The topological polar surface area (TPSA) is 52.8 Å². The van der Waals surface area contributed by atoms with Crippen LogP contribution >= 0.6 is 0 Å². The number of phenols is 1. The van der Waals surface area contributed by atoms with Crippen molar-refractivity contribution < 1.29 is 10.2 Å². The van der Waals surface area contributed by atoms with Crippen LogP contribution in [0.25, 0.3) is 0 Å². The van der Waals surface area contributed by atoms with E-state index in [-0.39, 0.29) is 18.4 Å². The van der Waals surface area contributed by atoms with Crippen LogP contribution in [-0.4, -0.2) is 29.1 Å². The summed E-state index contributed by atoms with van der Waals surface area (Å²) in [5.74, 6) is 0.212. The highest BCUT2D eigenvalue weighted by Gasteiger charge is 2.00. The molecule has 0 saturated heterocycles. The van der Waals surface area contributed by atoms with Crippen molar-refractivity contribution in [2.45, 2.75) is 19.4 Å². The Morgan fingerprint density at radius 1 is 1.43 bits per heavy atom. The van der Waals surface area contributed by atoms with Gasteiger partial charge in [0.2, 0.25) is 0 Å². The number of phenolic OH excluding ortho intramolecular Hbond substituents is 1. The standard InChI is InChI=1S/C11H15NO2/c1-2-10(8-13)12-7-9-5-3-4-6-11(9)14/h3-7,10,13-14H,2,8H2,1H3. The van der Waals surface area contributed by atoms with Crippen molar-refractivity contribution in [2.75, 3.05) is 6.61 Å². The van der Waals surface area contributed by atoms with Gasteiger partial charge in [-0.15, -0.1) is 0 Å². The molecule has 0 aliphatic heterocycles. The van der Waals surface area contributed by atoms with Crippen molar-refractivity contribution in [2.24, 2.45) is 4.99 Å². The van der Waals surface area contributed by atoms with Crippen LogP contribution in [0.15, 0.2) is 29.3 Å². The van der Waals surface area contributed by atoms with Gasteiger partial charge in [-0.25, -0.2) is 0 Å². The van der Waals surface area contributed by atoms with Gasteiger partial charge in [-0.05, 0) is 18.6 Å². The van der Waals surface area contributed by atoms with E-state index in [4.69, 9.17) is 5.11 Å². The van der Waals surface area contributed by atoms with Crippen molar-refractivity contribution in [3.05, 3.63) is 29.8 Å². The summed E-state index contributed by atoms with van der Waals surface area (Å²) in [5.41, 5.74) is 0.680. The van der Waals surface area contributed by atoms with Gasteiger partial charge >= 0.3 is 0 Å². The minimum Gasteiger partial charge on any atom is -0.507 e. The van der Waals surface area contributed by atoms with Crippen molar-refractivity contribution in [1.82, 2.24) is 0 Å². The fraction of sp³-hybridized carbons (Fsp3) is 0.364. The second-order valence-electron chi connectivity index (χ2n) is 3.08. The second kappa shape index (κ2) is 5.40. The Morgan fingerprint density at radius 2 is 2.14 bits per heavy atom. The van der Waals surface area contributed by atoms with E-state index >= 15 is 0 Å². The molecule has 0 radical (unpaired) electrons. The molecule has 1 unspecified atom stereocenters. The Labute approximate surface area is 83.7 Å². The molecular formula is C11H15NO2. The van der Waals surface area contributed by atoms with Crippen LogP contribution in [0.4, 0.5) is 0 Å². The zero-order chi connectivity index (χ0) is 10.4. The van der Waals surface area contributed by atoms with Crippen molar-refractivity contribution in [1.29, 1.82) is 0 Å². The third-order valence-electron chi connectivity index (χ3n) is 2.04. The highest BCUT2D eigenvalue weighted by molar-refractivity contribution is 5.83. The highest BCUT2D eigenvalue weighted by Crippen LogP contribution is 2.13. The molecule has 0 aliphatic rings. The summed E-state index contributed by atoms with van der Waals surface area (Å²) in [4.78, 5) is 4.16. The number of para-hydroxylation sites is 1. The summed E-state index contributed by atoms with van der Waals surface area (Å²) in [5, 5.41) is 18.3. The molecule has 0 heterocycles. The molecule has 3 heteroatoms. The van der Waals surface area contributed by atoms with Gasteiger partial charge in [0.05, 0.1) is 12.6 Å². The molecule has 1 aromatic rings. The summed E-state index contributed by atoms with van der Waals surface area (Å²) in [6.45, 7) is 2.00. The Hall–Kier alpha value is -1.35. The molecule has 0 bridgehead atoms. The Morgan fingerprint density at radius 3 is 2.71 bits per heavy atom.